The summed E-state index contributed by atoms with van der Waals surface area (Å²) in [5.74, 6) is -4.47. The van der Waals surface area contributed by atoms with Crippen molar-refractivity contribution in [3.8, 4) is 0 Å². The van der Waals surface area contributed by atoms with Crippen molar-refractivity contribution in [1.82, 2.24) is 0 Å². The first-order valence-corrected chi connectivity index (χ1v) is 13.0. The highest BCUT2D eigenvalue weighted by Gasteiger charge is 2.75. The average molecular weight is 543 g/mol. The Hall–Kier alpha value is -2.17. The van der Waals surface area contributed by atoms with Crippen LogP contribution in [0, 0.1) is 17.3 Å². The highest BCUT2D eigenvalue weighted by molar-refractivity contribution is 6.23. The summed E-state index contributed by atoms with van der Waals surface area (Å²) in [4.78, 5) is 50.0. The Bertz CT molecular complexity index is 1010. The summed E-state index contributed by atoms with van der Waals surface area (Å²) in [6.07, 6.45) is -2.94. The molecule has 4 aliphatic rings. The first kappa shape index (κ1) is 27.9. The summed E-state index contributed by atoms with van der Waals surface area (Å²) < 4.78 is 29.2. The van der Waals surface area contributed by atoms with Crippen molar-refractivity contribution >= 4 is 35.5 Å². The van der Waals surface area contributed by atoms with Gasteiger partial charge in [0.05, 0.1) is 28.9 Å². The molecular weight excluding hydrogens is 508 g/mol. The van der Waals surface area contributed by atoms with Gasteiger partial charge in [0, 0.05) is 26.7 Å². The Morgan fingerprint density at radius 1 is 1.05 bits per heavy atom. The average Bonchev–Trinajstić information content (AvgIpc) is 3.53. The molecule has 2 unspecified atom stereocenters. The maximum absolute atomic E-state index is 12.9. The molecule has 11 heteroatoms. The van der Waals surface area contributed by atoms with Gasteiger partial charge in [-0.1, -0.05) is 19.1 Å². The fourth-order valence-electron chi connectivity index (χ4n) is 6.85. The number of hydrogen-bond acceptors (Lipinski definition) is 10. The van der Waals surface area contributed by atoms with Crippen LogP contribution in [0.15, 0.2) is 12.2 Å². The molecule has 2 saturated heterocycles. The number of aliphatic hydroxyl groups is 1. The molecule has 0 aromatic carbocycles. The van der Waals surface area contributed by atoms with Crippen molar-refractivity contribution in [2.75, 3.05) is 6.61 Å². The highest BCUT2D eigenvalue weighted by atomic mass is 35.5. The number of carbonyl (C=O) groups is 4. The van der Waals surface area contributed by atoms with Gasteiger partial charge in [0.1, 0.15) is 18.3 Å². The van der Waals surface area contributed by atoms with Crippen LogP contribution in [0.3, 0.4) is 0 Å². The number of epoxide rings is 1. The van der Waals surface area contributed by atoms with E-state index >= 15 is 0 Å². The number of rotatable bonds is 3. The van der Waals surface area contributed by atoms with Gasteiger partial charge in [-0.3, -0.25) is 19.2 Å². The van der Waals surface area contributed by atoms with Crippen molar-refractivity contribution < 1.29 is 48.0 Å². The van der Waals surface area contributed by atoms with Crippen LogP contribution in [0.2, 0.25) is 0 Å². The molecule has 1 N–H and O–H groups in total. The lowest BCUT2D eigenvalue weighted by molar-refractivity contribution is -0.244. The van der Waals surface area contributed by atoms with E-state index in [1.807, 2.05) is 0 Å². The minimum absolute atomic E-state index is 0.254. The molecule has 2 heterocycles. The summed E-state index contributed by atoms with van der Waals surface area (Å²) in [6.45, 7) is 11.4. The SMILES string of the molecule is C=C1CC[C@H](OC(C)=O)[C@@]2(C)C(OC(C)=O)CCC3(CO3)[C@@H]2[C@H](OC(C)=O)[C@]2(O)[C@@H](C)C(=O)O[C@H]2[C@H]1Cl. The van der Waals surface area contributed by atoms with Crippen LogP contribution in [0.25, 0.3) is 0 Å². The maximum Gasteiger partial charge on any atom is 0.312 e. The van der Waals surface area contributed by atoms with E-state index in [1.165, 1.54) is 27.7 Å². The monoisotopic (exact) mass is 542 g/mol. The molecule has 37 heavy (non-hydrogen) atoms. The van der Waals surface area contributed by atoms with E-state index in [0.717, 1.165) is 0 Å². The summed E-state index contributed by atoms with van der Waals surface area (Å²) in [5, 5.41) is 11.4. The predicted molar refractivity (Wildman–Crippen MR) is 128 cm³/mol. The Kier molecular flexibility index (Phi) is 7.18. The molecular formula is C26H35ClO10. The first-order chi connectivity index (χ1) is 17.2. The first-order valence-electron chi connectivity index (χ1n) is 12.6. The number of hydrogen-bond donors (Lipinski definition) is 1. The summed E-state index contributed by atoms with van der Waals surface area (Å²) in [6, 6.07) is 0. The largest absolute Gasteiger partial charge is 0.462 e. The topological polar surface area (TPSA) is 138 Å². The summed E-state index contributed by atoms with van der Waals surface area (Å²) in [5.41, 5.74) is -3.71. The number of ether oxygens (including phenoxy) is 5. The van der Waals surface area contributed by atoms with Gasteiger partial charge in [-0.25, -0.2) is 0 Å². The van der Waals surface area contributed by atoms with Crippen LogP contribution in [0.5, 0.6) is 0 Å². The fourth-order valence-corrected chi connectivity index (χ4v) is 7.22. The van der Waals surface area contributed by atoms with E-state index in [0.29, 0.717) is 18.4 Å². The zero-order valence-electron chi connectivity index (χ0n) is 21.8. The van der Waals surface area contributed by atoms with Crippen molar-refractivity contribution in [1.29, 1.82) is 0 Å². The van der Waals surface area contributed by atoms with Crippen LogP contribution < -0.4 is 0 Å². The molecule has 1 spiro atoms. The van der Waals surface area contributed by atoms with Crippen LogP contribution in [0.1, 0.15) is 60.3 Å². The molecule has 0 aromatic heterocycles. The Morgan fingerprint density at radius 3 is 2.11 bits per heavy atom. The van der Waals surface area contributed by atoms with Gasteiger partial charge in [-0.2, -0.15) is 0 Å². The van der Waals surface area contributed by atoms with E-state index in [1.54, 1.807) is 6.92 Å². The normalized spacial score (nSPS) is 45.2. The molecule has 10 nitrogen and oxygen atoms in total. The third kappa shape index (κ3) is 4.44. The van der Waals surface area contributed by atoms with Gasteiger partial charge >= 0.3 is 23.9 Å². The quantitative estimate of drug-likeness (QED) is 0.186. The zero-order valence-corrected chi connectivity index (χ0v) is 22.5. The lowest BCUT2D eigenvalue weighted by Crippen LogP contribution is -2.70. The van der Waals surface area contributed by atoms with Crippen LogP contribution >= 0.6 is 11.6 Å². The van der Waals surface area contributed by atoms with E-state index in [2.05, 4.69) is 6.58 Å². The Balaban J connectivity index is 2.00. The molecule has 10 atom stereocenters. The lowest BCUT2D eigenvalue weighted by Gasteiger charge is -2.57. The zero-order chi connectivity index (χ0) is 27.5. The molecule has 2 aliphatic heterocycles. The fraction of sp³-hybridized carbons (Fsp3) is 0.769. The number of esters is 4. The van der Waals surface area contributed by atoms with Crippen molar-refractivity contribution in [2.45, 2.75) is 101 Å². The van der Waals surface area contributed by atoms with Gasteiger partial charge in [0.25, 0.3) is 0 Å². The highest BCUT2D eigenvalue weighted by Crippen LogP contribution is 2.62. The molecule has 0 aromatic rings. The van der Waals surface area contributed by atoms with E-state index in [-0.39, 0.29) is 19.4 Å². The standard InChI is InChI=1S/C26H35ClO10/c1-12-7-8-17(34-14(3)28)24(6)18(35-15(4)29)9-10-25(11-33-25)20(24)22(36-16(5)30)26(32)13(2)23(31)37-21(26)19(12)27/h13,17-22,32H,1,7-11H2,2-6H3/t13-,17-,18?,19-,20+,21-,22-,24-,25?,26-/m0/s1. The second kappa shape index (κ2) is 9.54. The van der Waals surface area contributed by atoms with Gasteiger partial charge in [-0.05, 0) is 32.6 Å². The molecule has 206 valence electrons. The smallest absolute Gasteiger partial charge is 0.312 e. The van der Waals surface area contributed by atoms with E-state index in [9.17, 15) is 24.3 Å². The Labute approximate surface area is 220 Å². The number of alkyl halides is 1. The summed E-state index contributed by atoms with van der Waals surface area (Å²) in [7, 11) is 0. The van der Waals surface area contributed by atoms with E-state index in [4.69, 9.17) is 35.3 Å². The minimum atomic E-state index is -2.08. The molecule has 2 aliphatic carbocycles. The van der Waals surface area contributed by atoms with Crippen LogP contribution in [-0.2, 0) is 42.9 Å². The number of halogens is 1. The van der Waals surface area contributed by atoms with Gasteiger partial charge in [-0.15, -0.1) is 11.6 Å². The molecule has 0 amide bonds. The van der Waals surface area contributed by atoms with E-state index < -0.39 is 82.1 Å². The minimum Gasteiger partial charge on any atom is -0.462 e. The maximum atomic E-state index is 12.9. The van der Waals surface area contributed by atoms with Crippen molar-refractivity contribution in [2.24, 2.45) is 17.3 Å². The van der Waals surface area contributed by atoms with Crippen molar-refractivity contribution in [3.05, 3.63) is 12.2 Å². The lowest BCUT2D eigenvalue weighted by atomic mass is 9.52. The van der Waals surface area contributed by atoms with Crippen molar-refractivity contribution in [3.63, 3.8) is 0 Å². The van der Waals surface area contributed by atoms with Crippen LogP contribution in [-0.4, -0.2) is 76.6 Å². The van der Waals surface area contributed by atoms with Gasteiger partial charge in [0.15, 0.2) is 11.7 Å². The Morgan fingerprint density at radius 2 is 1.59 bits per heavy atom. The number of fused-ring (bicyclic) bond motifs is 3. The summed E-state index contributed by atoms with van der Waals surface area (Å²) >= 11 is 6.75. The van der Waals surface area contributed by atoms with Gasteiger partial charge < -0.3 is 28.8 Å². The third-order valence-corrected chi connectivity index (χ3v) is 9.30. The molecule has 0 bridgehead atoms. The third-order valence-electron chi connectivity index (χ3n) is 8.77. The second-order valence-electron chi connectivity index (χ2n) is 11.0. The molecule has 0 radical (unpaired) electrons. The predicted octanol–water partition coefficient (Wildman–Crippen LogP) is 2.22. The second-order valence-corrected chi connectivity index (χ2v) is 11.5. The molecule has 4 rings (SSSR count). The van der Waals surface area contributed by atoms with Crippen LogP contribution in [0.4, 0.5) is 0 Å². The number of carbonyl (C=O) groups excluding carboxylic acids is 4. The molecule has 2 saturated carbocycles. The molecule has 4 fully saturated rings. The van der Waals surface area contributed by atoms with Gasteiger partial charge in [0.2, 0.25) is 0 Å².